The van der Waals surface area contributed by atoms with Crippen LogP contribution in [0, 0.1) is 5.82 Å². The Morgan fingerprint density at radius 2 is 1.90 bits per heavy atom. The van der Waals surface area contributed by atoms with Crippen LogP contribution in [-0.2, 0) is 4.79 Å². The van der Waals surface area contributed by atoms with Crippen molar-refractivity contribution in [3.8, 4) is 5.75 Å². The molecular weight excluding hydrogens is 291 g/mol. The van der Waals surface area contributed by atoms with Crippen LogP contribution in [0.2, 0.25) is 0 Å². The van der Waals surface area contributed by atoms with Crippen LogP contribution in [0.4, 0.5) is 10.1 Å². The number of rotatable bonds is 5. The molecule has 0 radical (unpaired) electrons. The van der Waals surface area contributed by atoms with E-state index in [1.54, 1.807) is 24.3 Å². The van der Waals surface area contributed by atoms with E-state index in [0.29, 0.717) is 5.75 Å². The number of hydrogen-bond donors (Lipinski definition) is 2. The molecule has 21 heavy (non-hydrogen) atoms. The van der Waals surface area contributed by atoms with Gasteiger partial charge in [0.15, 0.2) is 6.61 Å². The first kappa shape index (κ1) is 14.9. The number of hydrogen-bond acceptors (Lipinski definition) is 3. The van der Waals surface area contributed by atoms with Gasteiger partial charge in [-0.25, -0.2) is 4.39 Å². The molecule has 0 saturated heterocycles. The predicted octanol–water partition coefficient (Wildman–Crippen LogP) is 2.48. The molecule has 0 fully saturated rings. The van der Waals surface area contributed by atoms with Gasteiger partial charge in [0.2, 0.25) is 0 Å². The molecule has 2 rings (SSSR count). The van der Waals surface area contributed by atoms with E-state index < -0.39 is 11.7 Å². The third-order valence-electron chi connectivity index (χ3n) is 2.65. The van der Waals surface area contributed by atoms with Crippen molar-refractivity contribution in [2.45, 2.75) is 0 Å². The third kappa shape index (κ3) is 4.00. The number of carbonyl (C=O) groups excluding carboxylic acids is 1. The molecule has 0 aliphatic heterocycles. The number of benzene rings is 2. The molecule has 0 unspecified atom stereocenters. The van der Waals surface area contributed by atoms with Crippen LogP contribution in [-0.4, -0.2) is 17.5 Å². The maximum absolute atomic E-state index is 13.7. The summed E-state index contributed by atoms with van der Waals surface area (Å²) in [6.07, 6.45) is 0. The van der Waals surface area contributed by atoms with Gasteiger partial charge in [-0.05, 0) is 24.3 Å². The lowest BCUT2D eigenvalue weighted by Gasteiger charge is -2.11. The number of ether oxygens (including phenoxy) is 1. The van der Waals surface area contributed by atoms with Crippen LogP contribution >= 0.6 is 12.2 Å². The Balaban J connectivity index is 2.03. The summed E-state index contributed by atoms with van der Waals surface area (Å²) >= 11 is 4.79. The first-order valence-corrected chi connectivity index (χ1v) is 6.55. The van der Waals surface area contributed by atoms with Crippen molar-refractivity contribution in [3.05, 3.63) is 59.9 Å². The summed E-state index contributed by atoms with van der Waals surface area (Å²) in [6, 6.07) is 13.1. The van der Waals surface area contributed by atoms with Gasteiger partial charge in [0.25, 0.3) is 5.91 Å². The SMILES string of the molecule is NC(=S)c1c(F)cccc1NC(=O)COc1ccccc1. The molecule has 0 saturated carbocycles. The van der Waals surface area contributed by atoms with Crippen molar-refractivity contribution in [1.82, 2.24) is 0 Å². The van der Waals surface area contributed by atoms with Gasteiger partial charge in [0.05, 0.1) is 11.3 Å². The Morgan fingerprint density at radius 3 is 2.57 bits per heavy atom. The molecule has 1 amide bonds. The van der Waals surface area contributed by atoms with Crippen LogP contribution in [0.3, 0.4) is 0 Å². The van der Waals surface area contributed by atoms with Crippen molar-refractivity contribution in [1.29, 1.82) is 0 Å². The highest BCUT2D eigenvalue weighted by Crippen LogP contribution is 2.19. The first-order chi connectivity index (χ1) is 10.1. The number of anilines is 1. The maximum Gasteiger partial charge on any atom is 0.262 e. The Bertz CT molecular complexity index is 662. The van der Waals surface area contributed by atoms with E-state index in [1.807, 2.05) is 6.07 Å². The average Bonchev–Trinajstić information content (AvgIpc) is 2.46. The molecule has 0 bridgehead atoms. The minimum absolute atomic E-state index is 0.0144. The summed E-state index contributed by atoms with van der Waals surface area (Å²) in [5.41, 5.74) is 5.71. The van der Waals surface area contributed by atoms with Crippen molar-refractivity contribution in [3.63, 3.8) is 0 Å². The summed E-state index contributed by atoms with van der Waals surface area (Å²) in [5, 5.41) is 2.53. The van der Waals surface area contributed by atoms with Crippen LogP contribution in [0.5, 0.6) is 5.75 Å². The van der Waals surface area contributed by atoms with Crippen molar-refractivity contribution < 1.29 is 13.9 Å². The second-order valence-corrected chi connectivity index (χ2v) is 4.62. The number of carbonyl (C=O) groups is 1. The van der Waals surface area contributed by atoms with Crippen molar-refractivity contribution >= 4 is 28.8 Å². The van der Waals surface area contributed by atoms with Gasteiger partial charge in [-0.15, -0.1) is 0 Å². The zero-order valence-corrected chi connectivity index (χ0v) is 11.8. The molecule has 0 atom stereocenters. The molecule has 4 nitrogen and oxygen atoms in total. The maximum atomic E-state index is 13.7. The normalized spacial score (nSPS) is 9.95. The number of thiocarbonyl (C=S) groups is 1. The van der Waals surface area contributed by atoms with E-state index in [1.165, 1.54) is 18.2 Å². The van der Waals surface area contributed by atoms with E-state index in [9.17, 15) is 9.18 Å². The summed E-state index contributed by atoms with van der Waals surface area (Å²) in [7, 11) is 0. The predicted molar refractivity (Wildman–Crippen MR) is 82.9 cm³/mol. The smallest absolute Gasteiger partial charge is 0.262 e. The van der Waals surface area contributed by atoms with E-state index >= 15 is 0 Å². The van der Waals surface area contributed by atoms with Crippen LogP contribution in [0.25, 0.3) is 0 Å². The molecule has 0 spiro atoms. The summed E-state index contributed by atoms with van der Waals surface area (Å²) < 4.78 is 19.0. The molecular formula is C15H13FN2O2S. The van der Waals surface area contributed by atoms with Gasteiger partial charge in [-0.2, -0.15) is 0 Å². The fourth-order valence-corrected chi connectivity index (χ4v) is 1.94. The molecule has 2 aromatic rings. The summed E-state index contributed by atoms with van der Waals surface area (Å²) in [5.74, 6) is -0.437. The molecule has 6 heteroatoms. The lowest BCUT2D eigenvalue weighted by Crippen LogP contribution is -2.23. The van der Waals surface area contributed by atoms with E-state index in [4.69, 9.17) is 22.7 Å². The van der Waals surface area contributed by atoms with Gasteiger partial charge >= 0.3 is 0 Å². The molecule has 0 aliphatic carbocycles. The second kappa shape index (κ2) is 6.81. The van der Waals surface area contributed by atoms with E-state index in [-0.39, 0.29) is 22.8 Å². The minimum Gasteiger partial charge on any atom is -0.484 e. The lowest BCUT2D eigenvalue weighted by molar-refractivity contribution is -0.118. The highest BCUT2D eigenvalue weighted by Gasteiger charge is 2.13. The van der Waals surface area contributed by atoms with Gasteiger partial charge in [-0.1, -0.05) is 36.5 Å². The Hall–Kier alpha value is -2.47. The number of halogens is 1. The zero-order chi connectivity index (χ0) is 15.2. The fraction of sp³-hybridized carbons (Fsp3) is 0.0667. The Kier molecular flexibility index (Phi) is 4.84. The lowest BCUT2D eigenvalue weighted by atomic mass is 10.1. The molecule has 2 aromatic carbocycles. The Morgan fingerprint density at radius 1 is 1.19 bits per heavy atom. The van der Waals surface area contributed by atoms with Crippen LogP contribution in [0.15, 0.2) is 48.5 Å². The monoisotopic (exact) mass is 304 g/mol. The number of para-hydroxylation sites is 1. The van der Waals surface area contributed by atoms with Gasteiger partial charge in [0.1, 0.15) is 16.6 Å². The van der Waals surface area contributed by atoms with Crippen molar-refractivity contribution in [2.24, 2.45) is 5.73 Å². The fourth-order valence-electron chi connectivity index (χ4n) is 1.73. The van der Waals surface area contributed by atoms with Crippen molar-refractivity contribution in [2.75, 3.05) is 11.9 Å². The number of amides is 1. The van der Waals surface area contributed by atoms with Gasteiger partial charge < -0.3 is 15.8 Å². The average molecular weight is 304 g/mol. The summed E-state index contributed by atoms with van der Waals surface area (Å²) in [6.45, 7) is -0.197. The molecule has 108 valence electrons. The molecule has 3 N–H and O–H groups in total. The minimum atomic E-state index is -0.579. The molecule has 0 aromatic heterocycles. The number of nitrogens with two attached hydrogens (primary N) is 1. The Labute approximate surface area is 126 Å². The van der Waals surface area contributed by atoms with E-state index in [0.717, 1.165) is 0 Å². The highest BCUT2D eigenvalue weighted by molar-refractivity contribution is 7.80. The van der Waals surface area contributed by atoms with Crippen LogP contribution < -0.4 is 15.8 Å². The first-order valence-electron chi connectivity index (χ1n) is 6.14. The molecule has 0 heterocycles. The number of nitrogens with one attached hydrogen (secondary N) is 1. The second-order valence-electron chi connectivity index (χ2n) is 4.18. The largest absolute Gasteiger partial charge is 0.484 e. The standard InChI is InChI=1S/C15H13FN2O2S/c16-11-7-4-8-12(14(11)15(17)21)18-13(19)9-20-10-5-2-1-3-6-10/h1-8H,9H2,(H2,17,21)(H,18,19). The molecule has 0 aliphatic rings. The summed E-state index contributed by atoms with van der Waals surface area (Å²) in [4.78, 5) is 11.7. The third-order valence-corrected chi connectivity index (χ3v) is 2.85. The quantitative estimate of drug-likeness (QED) is 0.833. The van der Waals surface area contributed by atoms with Crippen LogP contribution in [0.1, 0.15) is 5.56 Å². The zero-order valence-electron chi connectivity index (χ0n) is 11.0. The topological polar surface area (TPSA) is 64.3 Å². The van der Waals surface area contributed by atoms with Gasteiger partial charge in [-0.3, -0.25) is 4.79 Å². The highest BCUT2D eigenvalue weighted by atomic mass is 32.1. The van der Waals surface area contributed by atoms with Gasteiger partial charge in [0, 0.05) is 0 Å². The van der Waals surface area contributed by atoms with E-state index in [2.05, 4.69) is 5.32 Å².